The summed E-state index contributed by atoms with van der Waals surface area (Å²) >= 11 is 0. The average molecular weight is 388 g/mol. The minimum Gasteiger partial charge on any atom is -0.502 e. The van der Waals surface area contributed by atoms with Gasteiger partial charge in [-0.05, 0) is 37.5 Å². The van der Waals surface area contributed by atoms with Gasteiger partial charge in [-0.1, -0.05) is 42.5 Å². The lowest BCUT2D eigenvalue weighted by Crippen LogP contribution is -2.26. The quantitative estimate of drug-likeness (QED) is 0.683. The Morgan fingerprint density at radius 1 is 0.862 bits per heavy atom. The predicted molar refractivity (Wildman–Crippen MR) is 108 cm³/mol. The van der Waals surface area contributed by atoms with Crippen LogP contribution in [0.2, 0.25) is 0 Å². The van der Waals surface area contributed by atoms with Gasteiger partial charge in [-0.2, -0.15) is 0 Å². The van der Waals surface area contributed by atoms with Crippen LogP contribution in [0.25, 0.3) is 0 Å². The molecule has 5 heteroatoms. The maximum atomic E-state index is 13.2. The number of hydrogen-bond acceptors (Lipinski definition) is 5. The van der Waals surface area contributed by atoms with Gasteiger partial charge in [-0.3, -0.25) is 14.4 Å². The Hall–Kier alpha value is -3.47. The third-order valence-corrected chi connectivity index (χ3v) is 5.60. The predicted octanol–water partition coefficient (Wildman–Crippen LogP) is 4.10. The highest BCUT2D eigenvalue weighted by Crippen LogP contribution is 2.43. The van der Waals surface area contributed by atoms with Gasteiger partial charge in [0, 0.05) is 17.2 Å². The standard InChI is InChI=1S/C24H20O5/c1-12-8-9-15(10-13(12)2)19(24-23(28)18(25)11-14(3)29-24)20-21(26)16-6-4-5-7-17(16)22(20)27/h4-11,19-20,28H,1-3H3. The molecule has 0 radical (unpaired) electrons. The summed E-state index contributed by atoms with van der Waals surface area (Å²) in [5.41, 5.74) is 2.76. The van der Waals surface area contributed by atoms with E-state index in [4.69, 9.17) is 4.42 Å². The highest BCUT2D eigenvalue weighted by atomic mass is 16.4. The first-order chi connectivity index (χ1) is 13.8. The number of aromatic hydroxyl groups is 1. The second-order valence-corrected chi connectivity index (χ2v) is 7.51. The summed E-state index contributed by atoms with van der Waals surface area (Å²) in [5.74, 6) is -3.02. The van der Waals surface area contributed by atoms with Gasteiger partial charge in [-0.15, -0.1) is 0 Å². The number of hydrogen-bond donors (Lipinski definition) is 1. The van der Waals surface area contributed by atoms with Crippen molar-refractivity contribution < 1.29 is 19.1 Å². The van der Waals surface area contributed by atoms with Crippen molar-refractivity contribution >= 4 is 11.6 Å². The fraction of sp³-hybridized carbons (Fsp3) is 0.208. The molecule has 146 valence electrons. The van der Waals surface area contributed by atoms with E-state index in [0.29, 0.717) is 22.5 Å². The Morgan fingerprint density at radius 3 is 2.07 bits per heavy atom. The summed E-state index contributed by atoms with van der Waals surface area (Å²) in [6, 6.07) is 13.4. The zero-order chi connectivity index (χ0) is 20.9. The van der Waals surface area contributed by atoms with E-state index in [9.17, 15) is 19.5 Å². The summed E-state index contributed by atoms with van der Waals surface area (Å²) in [6.45, 7) is 5.48. The Labute approximate surface area is 167 Å². The van der Waals surface area contributed by atoms with Crippen molar-refractivity contribution in [3.63, 3.8) is 0 Å². The topological polar surface area (TPSA) is 84.6 Å². The molecule has 0 aliphatic heterocycles. The molecule has 5 nitrogen and oxygen atoms in total. The molecule has 3 aromatic rings. The fourth-order valence-electron chi connectivity index (χ4n) is 3.96. The van der Waals surface area contributed by atoms with Gasteiger partial charge in [0.1, 0.15) is 5.76 Å². The van der Waals surface area contributed by atoms with Crippen molar-refractivity contribution in [3.05, 3.63) is 98.1 Å². The van der Waals surface area contributed by atoms with E-state index in [1.54, 1.807) is 37.3 Å². The van der Waals surface area contributed by atoms with Crippen molar-refractivity contribution in [2.75, 3.05) is 0 Å². The van der Waals surface area contributed by atoms with Gasteiger partial charge in [0.2, 0.25) is 11.2 Å². The van der Waals surface area contributed by atoms with Crippen LogP contribution in [0.4, 0.5) is 0 Å². The summed E-state index contributed by atoms with van der Waals surface area (Å²) < 4.78 is 5.73. The lowest BCUT2D eigenvalue weighted by molar-refractivity contribution is 0.0816. The first kappa shape index (κ1) is 18.9. The molecule has 29 heavy (non-hydrogen) atoms. The minimum absolute atomic E-state index is 0.0576. The zero-order valence-corrected chi connectivity index (χ0v) is 16.4. The third kappa shape index (κ3) is 2.99. The summed E-state index contributed by atoms with van der Waals surface area (Å²) in [4.78, 5) is 38.6. The summed E-state index contributed by atoms with van der Waals surface area (Å²) in [5, 5.41) is 10.5. The molecule has 1 aromatic heterocycles. The number of carbonyl (C=O) groups is 2. The molecular formula is C24H20O5. The molecular weight excluding hydrogens is 368 g/mol. The van der Waals surface area contributed by atoms with Crippen LogP contribution >= 0.6 is 0 Å². The molecule has 1 unspecified atom stereocenters. The molecule has 0 amide bonds. The van der Waals surface area contributed by atoms with E-state index in [0.717, 1.165) is 11.1 Å². The number of rotatable bonds is 3. The van der Waals surface area contributed by atoms with E-state index in [1.807, 2.05) is 26.0 Å². The van der Waals surface area contributed by atoms with E-state index in [1.165, 1.54) is 6.07 Å². The van der Waals surface area contributed by atoms with Gasteiger partial charge in [0.05, 0.1) is 11.8 Å². The van der Waals surface area contributed by atoms with Gasteiger partial charge >= 0.3 is 0 Å². The van der Waals surface area contributed by atoms with Gasteiger partial charge in [0.25, 0.3) is 0 Å². The maximum Gasteiger partial charge on any atom is 0.227 e. The number of aryl methyl sites for hydroxylation is 3. The Kier molecular flexibility index (Phi) is 4.46. The summed E-state index contributed by atoms with van der Waals surface area (Å²) in [7, 11) is 0. The molecule has 4 rings (SSSR count). The van der Waals surface area contributed by atoms with Crippen molar-refractivity contribution in [3.8, 4) is 5.75 Å². The number of benzene rings is 2. The second kappa shape index (κ2) is 6.85. The van der Waals surface area contributed by atoms with Crippen LogP contribution in [0.5, 0.6) is 5.75 Å². The monoisotopic (exact) mass is 388 g/mol. The molecule has 0 saturated carbocycles. The Bertz CT molecular complexity index is 1180. The van der Waals surface area contributed by atoms with Crippen LogP contribution in [0.1, 0.15) is 54.8 Å². The molecule has 2 aromatic carbocycles. The molecule has 1 aliphatic rings. The van der Waals surface area contributed by atoms with Gasteiger partial charge < -0.3 is 9.52 Å². The van der Waals surface area contributed by atoms with E-state index < -0.39 is 23.0 Å². The number of fused-ring (bicyclic) bond motifs is 1. The maximum absolute atomic E-state index is 13.2. The SMILES string of the molecule is Cc1cc(=O)c(O)c(C(c2ccc(C)c(C)c2)C2C(=O)c3ccccc3C2=O)o1. The number of Topliss-reactive ketones (excluding diaryl/α,β-unsaturated/α-hetero) is 2. The highest BCUT2D eigenvalue weighted by molar-refractivity contribution is 6.27. The molecule has 0 saturated heterocycles. The van der Waals surface area contributed by atoms with Gasteiger partial charge in [-0.25, -0.2) is 0 Å². The fourth-order valence-corrected chi connectivity index (χ4v) is 3.96. The molecule has 1 heterocycles. The largest absolute Gasteiger partial charge is 0.502 e. The van der Waals surface area contributed by atoms with Crippen molar-refractivity contribution in [1.29, 1.82) is 0 Å². The third-order valence-electron chi connectivity index (χ3n) is 5.60. The van der Waals surface area contributed by atoms with Crippen molar-refractivity contribution in [2.24, 2.45) is 5.92 Å². The molecule has 0 bridgehead atoms. The highest BCUT2D eigenvalue weighted by Gasteiger charge is 2.46. The Balaban J connectivity index is 1.98. The number of ketones is 2. The average Bonchev–Trinajstić information content (AvgIpc) is 2.94. The van der Waals surface area contributed by atoms with Crippen LogP contribution in [-0.2, 0) is 0 Å². The molecule has 1 N–H and O–H groups in total. The smallest absolute Gasteiger partial charge is 0.227 e. The first-order valence-corrected chi connectivity index (χ1v) is 9.37. The van der Waals surface area contributed by atoms with Crippen molar-refractivity contribution in [2.45, 2.75) is 26.7 Å². The van der Waals surface area contributed by atoms with Crippen molar-refractivity contribution in [1.82, 2.24) is 0 Å². The van der Waals surface area contributed by atoms with Gasteiger partial charge in [0.15, 0.2) is 17.3 Å². The molecule has 1 aliphatic carbocycles. The molecule has 1 atom stereocenters. The number of carbonyl (C=O) groups excluding carboxylic acids is 2. The summed E-state index contributed by atoms with van der Waals surface area (Å²) in [6.07, 6.45) is 0. The Morgan fingerprint density at radius 2 is 1.48 bits per heavy atom. The lowest BCUT2D eigenvalue weighted by Gasteiger charge is -2.23. The van der Waals surface area contributed by atoms with Crippen LogP contribution in [-0.4, -0.2) is 16.7 Å². The van der Waals surface area contributed by atoms with E-state index >= 15 is 0 Å². The molecule has 0 fully saturated rings. The van der Waals surface area contributed by atoms with Crippen LogP contribution < -0.4 is 5.43 Å². The molecule has 0 spiro atoms. The van der Waals surface area contributed by atoms with Crippen LogP contribution in [0.15, 0.2) is 57.7 Å². The minimum atomic E-state index is -1.11. The van der Waals surface area contributed by atoms with Crippen LogP contribution in [0, 0.1) is 26.7 Å². The second-order valence-electron chi connectivity index (χ2n) is 7.51. The van der Waals surface area contributed by atoms with Crippen LogP contribution in [0.3, 0.4) is 0 Å². The first-order valence-electron chi connectivity index (χ1n) is 9.37. The van der Waals surface area contributed by atoms with E-state index in [-0.39, 0.29) is 17.3 Å². The lowest BCUT2D eigenvalue weighted by atomic mass is 9.79. The van der Waals surface area contributed by atoms with E-state index in [2.05, 4.69) is 0 Å². The normalized spacial score (nSPS) is 14.9. The zero-order valence-electron chi connectivity index (χ0n) is 16.4.